The number of nitrogens with zero attached hydrogens (tertiary/aromatic N) is 4. The molecule has 1 amide bonds. The van der Waals surface area contributed by atoms with Gasteiger partial charge in [0.2, 0.25) is 5.95 Å². The van der Waals surface area contributed by atoms with Crippen molar-refractivity contribution in [3.63, 3.8) is 0 Å². The van der Waals surface area contributed by atoms with Crippen molar-refractivity contribution in [2.75, 3.05) is 31.4 Å². The number of methoxy groups -OCH3 is 2. The first-order valence-corrected chi connectivity index (χ1v) is 15.3. The molecule has 2 heterocycles. The first kappa shape index (κ1) is 34.9. The Labute approximate surface area is 278 Å². The number of anilines is 2. The lowest BCUT2D eigenvalue weighted by Crippen LogP contribution is -2.30. The molecule has 0 aliphatic rings. The summed E-state index contributed by atoms with van der Waals surface area (Å²) < 4.78 is 12.4. The van der Waals surface area contributed by atoms with E-state index in [-0.39, 0.29) is 40.6 Å². The Morgan fingerprint density at radius 1 is 1.11 bits per heavy atom. The van der Waals surface area contributed by atoms with E-state index in [0.29, 0.717) is 45.8 Å². The maximum atomic E-state index is 14.2. The maximum absolute atomic E-state index is 14.2. The number of hydrogen-bond donors (Lipinski definition) is 3. The highest BCUT2D eigenvalue weighted by molar-refractivity contribution is 6.35. The minimum atomic E-state index is -1.01. The van der Waals surface area contributed by atoms with E-state index in [1.807, 2.05) is 32.9 Å². The number of ether oxygens (including phenoxy) is 2. The van der Waals surface area contributed by atoms with Crippen LogP contribution in [0.4, 0.5) is 11.6 Å². The van der Waals surface area contributed by atoms with Gasteiger partial charge in [-0.15, -0.1) is 0 Å². The van der Waals surface area contributed by atoms with Crippen molar-refractivity contribution in [3.8, 4) is 28.7 Å². The van der Waals surface area contributed by atoms with Crippen LogP contribution in [-0.2, 0) is 17.8 Å². The fraction of sp³-hybridized carbons (Fsp3) is 0.343. The molecule has 2 aromatic carbocycles. The van der Waals surface area contributed by atoms with Crippen LogP contribution in [0.1, 0.15) is 40.2 Å². The van der Waals surface area contributed by atoms with Crippen molar-refractivity contribution in [1.82, 2.24) is 14.5 Å². The smallest absolute Gasteiger partial charge is 0.265 e. The Morgan fingerprint density at radius 3 is 2.49 bits per heavy atom. The fourth-order valence-corrected chi connectivity index (χ4v) is 5.09. The van der Waals surface area contributed by atoms with Crippen LogP contribution in [0.5, 0.6) is 11.5 Å². The van der Waals surface area contributed by atoms with E-state index in [0.717, 1.165) is 5.56 Å². The van der Waals surface area contributed by atoms with Gasteiger partial charge in [-0.05, 0) is 55.5 Å². The number of hydrogen-bond acceptors (Lipinski definition) is 9. The average molecular weight is 659 g/mol. The number of aliphatic hydroxyl groups is 1. The predicted molar refractivity (Wildman–Crippen MR) is 184 cm³/mol. The van der Waals surface area contributed by atoms with E-state index < -0.39 is 11.5 Å². The zero-order valence-corrected chi connectivity index (χ0v) is 28.3. The number of aromatic nitrogens is 3. The highest BCUT2D eigenvalue weighted by Gasteiger charge is 2.20. The molecule has 0 radical (unpaired) electrons. The van der Waals surface area contributed by atoms with E-state index in [1.54, 1.807) is 67.1 Å². The second kappa shape index (κ2) is 14.2. The third-order valence-electron chi connectivity index (χ3n) is 7.02. The number of amides is 1. The number of fused-ring (bicyclic) bond motifs is 1. The van der Waals surface area contributed by atoms with Crippen LogP contribution in [0.3, 0.4) is 0 Å². The number of aryl methyl sites for hydroxylation is 2. The van der Waals surface area contributed by atoms with Gasteiger partial charge in [0.1, 0.15) is 28.8 Å². The Morgan fingerprint density at radius 2 is 1.85 bits per heavy atom. The molecule has 0 unspecified atom stereocenters. The molecule has 0 spiro atoms. The third-order valence-corrected chi connectivity index (χ3v) is 7.41. The standard InChI is InChI=1S/C35H39ClN6O5/c1-34(2,3)17-23(18-37)31(43)40-24-10-8-9-21(13-24)11-12-42-30-22(19-38-33(41-30)39-20-35(4,5)45)14-27(32(42)44)26-15-25(46-6)16-28(47-7)29(26)36/h8-10,13-17,19,45H,11-12,20H2,1-7H3,(H,40,43)(H,38,39,41)/b23-17+. The lowest BCUT2D eigenvalue weighted by molar-refractivity contribution is -0.112. The lowest BCUT2D eigenvalue weighted by Gasteiger charge is -2.18. The van der Waals surface area contributed by atoms with E-state index in [4.69, 9.17) is 21.1 Å². The number of nitrogens with one attached hydrogen (secondary N) is 2. The molecule has 0 saturated carbocycles. The minimum absolute atomic E-state index is 0.0271. The average Bonchev–Trinajstić information content (AvgIpc) is 3.01. The van der Waals surface area contributed by atoms with E-state index >= 15 is 0 Å². The summed E-state index contributed by atoms with van der Waals surface area (Å²) in [6.45, 7) is 9.46. The molecule has 12 heteroatoms. The normalized spacial score (nSPS) is 12.0. The molecule has 11 nitrogen and oxygen atoms in total. The van der Waals surface area contributed by atoms with E-state index in [9.17, 15) is 20.0 Å². The van der Waals surface area contributed by atoms with E-state index in [2.05, 4.69) is 20.6 Å². The van der Waals surface area contributed by atoms with Gasteiger partial charge in [0.05, 0.1) is 24.8 Å². The molecule has 2 aromatic heterocycles. The van der Waals surface area contributed by atoms with Crippen molar-refractivity contribution in [1.29, 1.82) is 5.26 Å². The second-order valence-corrected chi connectivity index (χ2v) is 13.2. The van der Waals surface area contributed by atoms with Crippen molar-refractivity contribution < 1.29 is 19.4 Å². The van der Waals surface area contributed by atoms with Crippen molar-refractivity contribution in [2.24, 2.45) is 5.41 Å². The Bertz CT molecular complexity index is 1930. The van der Waals surface area contributed by atoms with Crippen LogP contribution < -0.4 is 25.7 Å². The number of rotatable bonds is 11. The van der Waals surface area contributed by atoms with Crippen LogP contribution in [0.25, 0.3) is 22.2 Å². The van der Waals surface area contributed by atoms with Crippen LogP contribution in [-0.4, -0.2) is 51.9 Å². The van der Waals surface area contributed by atoms with Gasteiger partial charge in [0.15, 0.2) is 0 Å². The quantitative estimate of drug-likeness (QED) is 0.130. The van der Waals surface area contributed by atoms with E-state index in [1.165, 1.54) is 14.2 Å². The summed E-state index contributed by atoms with van der Waals surface area (Å²) in [5, 5.41) is 26.4. The molecule has 0 bridgehead atoms. The zero-order chi connectivity index (χ0) is 34.5. The van der Waals surface area contributed by atoms with Gasteiger partial charge in [0.25, 0.3) is 11.5 Å². The molecule has 47 heavy (non-hydrogen) atoms. The molecule has 246 valence electrons. The fourth-order valence-electron chi connectivity index (χ4n) is 4.80. The molecule has 4 rings (SSSR count). The lowest BCUT2D eigenvalue weighted by atomic mass is 9.93. The Kier molecular flexibility index (Phi) is 10.6. The molecule has 0 aliphatic heterocycles. The highest BCUT2D eigenvalue weighted by atomic mass is 35.5. The summed E-state index contributed by atoms with van der Waals surface area (Å²) >= 11 is 6.70. The number of allylic oxidation sites excluding steroid dienone is 1. The molecule has 0 aliphatic carbocycles. The van der Waals surface area contributed by atoms with Gasteiger partial charge >= 0.3 is 0 Å². The van der Waals surface area contributed by atoms with Gasteiger partial charge in [-0.3, -0.25) is 14.2 Å². The molecule has 0 fully saturated rings. The first-order chi connectivity index (χ1) is 22.1. The van der Waals surface area contributed by atoms with Crippen molar-refractivity contribution >= 4 is 40.2 Å². The molecule has 4 aromatic rings. The summed E-state index contributed by atoms with van der Waals surface area (Å²) in [7, 11) is 3.00. The minimum Gasteiger partial charge on any atom is -0.497 e. The second-order valence-electron chi connectivity index (χ2n) is 12.8. The Balaban J connectivity index is 1.76. The zero-order valence-electron chi connectivity index (χ0n) is 27.6. The number of nitriles is 1. The van der Waals surface area contributed by atoms with Gasteiger partial charge < -0.3 is 25.2 Å². The number of benzene rings is 2. The summed E-state index contributed by atoms with van der Waals surface area (Å²) in [6.07, 6.45) is 3.64. The van der Waals surface area contributed by atoms with Gasteiger partial charge in [-0.25, -0.2) is 4.98 Å². The monoisotopic (exact) mass is 658 g/mol. The molecular formula is C35H39ClN6O5. The van der Waals surface area contributed by atoms with Crippen LogP contribution in [0.2, 0.25) is 5.02 Å². The molecular weight excluding hydrogens is 620 g/mol. The van der Waals surface area contributed by atoms with Crippen LogP contribution in [0, 0.1) is 16.7 Å². The highest BCUT2D eigenvalue weighted by Crippen LogP contribution is 2.38. The number of pyridine rings is 1. The van der Waals surface area contributed by atoms with Gasteiger partial charge in [-0.2, -0.15) is 10.2 Å². The molecule has 0 atom stereocenters. The maximum Gasteiger partial charge on any atom is 0.265 e. The number of carbonyl (C=O) groups excluding carboxylic acids is 1. The topological polar surface area (TPSA) is 151 Å². The van der Waals surface area contributed by atoms with Crippen molar-refractivity contribution in [3.05, 3.63) is 81.3 Å². The van der Waals surface area contributed by atoms with Gasteiger partial charge in [-0.1, -0.05) is 50.6 Å². The van der Waals surface area contributed by atoms with Crippen LogP contribution >= 0.6 is 11.6 Å². The third kappa shape index (κ3) is 8.87. The Hall–Kier alpha value is -4.92. The summed E-state index contributed by atoms with van der Waals surface area (Å²) in [5.74, 6) is 0.571. The van der Waals surface area contributed by atoms with Crippen molar-refractivity contribution in [2.45, 2.75) is 53.2 Å². The summed E-state index contributed by atoms with van der Waals surface area (Å²) in [6, 6.07) is 14.2. The molecule has 3 N–H and O–H groups in total. The molecule has 0 saturated heterocycles. The van der Waals surface area contributed by atoms with Gasteiger partial charge in [0, 0.05) is 47.6 Å². The first-order valence-electron chi connectivity index (χ1n) is 14.9. The largest absolute Gasteiger partial charge is 0.497 e. The number of carbonyl (C=O) groups is 1. The summed E-state index contributed by atoms with van der Waals surface area (Å²) in [5.41, 5.74) is 0.782. The number of halogens is 1. The SMILES string of the molecule is COc1cc(OC)c(Cl)c(-c2cc3cnc(NCC(C)(C)O)nc3n(CCc3cccc(NC(=O)/C(C#N)=C/C(C)(C)C)c3)c2=O)c1. The summed E-state index contributed by atoms with van der Waals surface area (Å²) in [4.78, 5) is 36.1. The predicted octanol–water partition coefficient (Wildman–Crippen LogP) is 5.99. The van der Waals surface area contributed by atoms with Crippen LogP contribution in [0.15, 0.2) is 65.1 Å².